The third kappa shape index (κ3) is 3.19. The summed E-state index contributed by atoms with van der Waals surface area (Å²) >= 11 is 5.98. The lowest BCUT2D eigenvalue weighted by molar-refractivity contribution is 0.113. The normalized spacial score (nSPS) is 20.5. The number of nitrogens with zero attached hydrogens (tertiary/aromatic N) is 3. The SMILES string of the molecule is CC(O)C1CCCN(c2nc(-c3cccc(Cl)c3)no2)C1. The molecule has 6 heteroatoms. The van der Waals surface area contributed by atoms with Gasteiger partial charge in [-0.2, -0.15) is 4.98 Å². The van der Waals surface area contributed by atoms with Gasteiger partial charge in [0.1, 0.15) is 0 Å². The molecule has 2 atom stereocenters. The Morgan fingerprint density at radius 3 is 3.10 bits per heavy atom. The molecule has 3 rings (SSSR count). The van der Waals surface area contributed by atoms with Gasteiger partial charge in [-0.05, 0) is 31.9 Å². The van der Waals surface area contributed by atoms with E-state index in [2.05, 4.69) is 10.1 Å². The van der Waals surface area contributed by atoms with Crippen molar-refractivity contribution in [3.63, 3.8) is 0 Å². The van der Waals surface area contributed by atoms with Crippen molar-refractivity contribution in [1.29, 1.82) is 0 Å². The molecule has 1 N–H and O–H groups in total. The average molecular weight is 308 g/mol. The number of halogens is 1. The van der Waals surface area contributed by atoms with Crippen molar-refractivity contribution in [1.82, 2.24) is 10.1 Å². The van der Waals surface area contributed by atoms with E-state index < -0.39 is 0 Å². The topological polar surface area (TPSA) is 62.4 Å². The quantitative estimate of drug-likeness (QED) is 0.944. The molecule has 0 spiro atoms. The Morgan fingerprint density at radius 2 is 2.33 bits per heavy atom. The fourth-order valence-electron chi connectivity index (χ4n) is 2.67. The lowest BCUT2D eigenvalue weighted by Gasteiger charge is -2.32. The Labute approximate surface area is 128 Å². The second-order valence-corrected chi connectivity index (χ2v) is 5.94. The first-order valence-electron chi connectivity index (χ1n) is 7.16. The summed E-state index contributed by atoms with van der Waals surface area (Å²) in [4.78, 5) is 6.49. The van der Waals surface area contributed by atoms with Crippen LogP contribution in [-0.4, -0.2) is 34.4 Å². The number of hydrogen-bond acceptors (Lipinski definition) is 5. The number of aliphatic hydroxyl groups excluding tert-OH is 1. The second-order valence-electron chi connectivity index (χ2n) is 5.50. The first-order valence-corrected chi connectivity index (χ1v) is 7.54. The zero-order valence-electron chi connectivity index (χ0n) is 11.9. The van der Waals surface area contributed by atoms with E-state index >= 15 is 0 Å². The molecule has 1 fully saturated rings. The van der Waals surface area contributed by atoms with Gasteiger partial charge < -0.3 is 14.5 Å². The summed E-state index contributed by atoms with van der Waals surface area (Å²) in [5, 5.41) is 14.4. The predicted molar refractivity (Wildman–Crippen MR) is 81.4 cm³/mol. The lowest BCUT2D eigenvalue weighted by Crippen LogP contribution is -2.39. The van der Waals surface area contributed by atoms with Crippen LogP contribution in [0.25, 0.3) is 11.4 Å². The molecule has 1 aromatic carbocycles. The number of anilines is 1. The largest absolute Gasteiger partial charge is 0.393 e. The molecule has 0 bridgehead atoms. The minimum Gasteiger partial charge on any atom is -0.393 e. The molecule has 0 amide bonds. The summed E-state index contributed by atoms with van der Waals surface area (Å²) in [5.41, 5.74) is 0.835. The van der Waals surface area contributed by atoms with Crippen molar-refractivity contribution in [3.8, 4) is 11.4 Å². The summed E-state index contributed by atoms with van der Waals surface area (Å²) in [6, 6.07) is 7.89. The van der Waals surface area contributed by atoms with Gasteiger partial charge in [0.25, 0.3) is 0 Å². The number of rotatable bonds is 3. The molecular formula is C15H18ClN3O2. The van der Waals surface area contributed by atoms with Gasteiger partial charge in [-0.15, -0.1) is 0 Å². The van der Waals surface area contributed by atoms with E-state index in [4.69, 9.17) is 16.1 Å². The van der Waals surface area contributed by atoms with Gasteiger partial charge in [0.15, 0.2) is 0 Å². The van der Waals surface area contributed by atoms with Crippen LogP contribution in [0.2, 0.25) is 5.02 Å². The number of piperidine rings is 1. The van der Waals surface area contributed by atoms with E-state index in [1.165, 1.54) is 0 Å². The van der Waals surface area contributed by atoms with Crippen LogP contribution in [0.5, 0.6) is 0 Å². The van der Waals surface area contributed by atoms with Crippen LogP contribution in [-0.2, 0) is 0 Å². The Kier molecular flexibility index (Phi) is 4.12. The fourth-order valence-corrected chi connectivity index (χ4v) is 2.86. The van der Waals surface area contributed by atoms with Crippen LogP contribution in [0.4, 0.5) is 6.01 Å². The molecule has 21 heavy (non-hydrogen) atoms. The molecule has 2 unspecified atom stereocenters. The van der Waals surface area contributed by atoms with Crippen LogP contribution in [0, 0.1) is 5.92 Å². The van der Waals surface area contributed by atoms with Crippen molar-refractivity contribution >= 4 is 17.6 Å². The van der Waals surface area contributed by atoms with E-state index in [0.29, 0.717) is 16.9 Å². The molecule has 1 saturated heterocycles. The van der Waals surface area contributed by atoms with Crippen molar-refractivity contribution < 1.29 is 9.63 Å². The number of aliphatic hydroxyl groups is 1. The summed E-state index contributed by atoms with van der Waals surface area (Å²) in [5.74, 6) is 0.784. The van der Waals surface area contributed by atoms with E-state index in [9.17, 15) is 5.11 Å². The van der Waals surface area contributed by atoms with Gasteiger partial charge in [-0.1, -0.05) is 28.9 Å². The molecule has 1 aromatic heterocycles. The van der Waals surface area contributed by atoms with Gasteiger partial charge >= 0.3 is 6.01 Å². The first-order chi connectivity index (χ1) is 10.1. The third-order valence-electron chi connectivity index (χ3n) is 3.91. The van der Waals surface area contributed by atoms with Crippen LogP contribution in [0.15, 0.2) is 28.8 Å². The van der Waals surface area contributed by atoms with E-state index in [0.717, 1.165) is 31.5 Å². The minimum atomic E-state index is -0.317. The molecule has 1 aliphatic heterocycles. The van der Waals surface area contributed by atoms with Gasteiger partial charge in [0.05, 0.1) is 6.10 Å². The summed E-state index contributed by atoms with van der Waals surface area (Å²) in [7, 11) is 0. The molecule has 0 saturated carbocycles. The zero-order valence-corrected chi connectivity index (χ0v) is 12.6. The van der Waals surface area contributed by atoms with Gasteiger partial charge in [0.2, 0.25) is 5.82 Å². The fraction of sp³-hybridized carbons (Fsp3) is 0.467. The highest BCUT2D eigenvalue weighted by atomic mass is 35.5. The molecule has 5 nitrogen and oxygen atoms in total. The molecule has 112 valence electrons. The van der Waals surface area contributed by atoms with Crippen molar-refractivity contribution in [3.05, 3.63) is 29.3 Å². The molecule has 2 aromatic rings. The smallest absolute Gasteiger partial charge is 0.324 e. The summed E-state index contributed by atoms with van der Waals surface area (Å²) < 4.78 is 5.37. The van der Waals surface area contributed by atoms with Gasteiger partial charge in [0, 0.05) is 29.6 Å². The van der Waals surface area contributed by atoms with Crippen LogP contribution in [0.3, 0.4) is 0 Å². The van der Waals surface area contributed by atoms with Crippen LogP contribution >= 0.6 is 11.6 Å². The first kappa shape index (κ1) is 14.4. The summed E-state index contributed by atoms with van der Waals surface area (Å²) in [6.45, 7) is 3.45. The zero-order chi connectivity index (χ0) is 14.8. The van der Waals surface area contributed by atoms with Crippen molar-refractivity contribution in [2.45, 2.75) is 25.9 Å². The predicted octanol–water partition coefficient (Wildman–Crippen LogP) is 2.99. The maximum atomic E-state index is 9.75. The molecule has 1 aliphatic rings. The van der Waals surface area contributed by atoms with E-state index in [1.807, 2.05) is 36.1 Å². The molecule has 0 aliphatic carbocycles. The van der Waals surface area contributed by atoms with E-state index in [-0.39, 0.29) is 12.0 Å². The highest BCUT2D eigenvalue weighted by Gasteiger charge is 2.26. The van der Waals surface area contributed by atoms with Crippen LogP contribution in [0.1, 0.15) is 19.8 Å². The second kappa shape index (κ2) is 6.03. The highest BCUT2D eigenvalue weighted by molar-refractivity contribution is 6.30. The van der Waals surface area contributed by atoms with E-state index in [1.54, 1.807) is 0 Å². The molecule has 0 radical (unpaired) electrons. The lowest BCUT2D eigenvalue weighted by atomic mass is 9.94. The standard InChI is InChI=1S/C15H18ClN3O2/c1-10(20)12-5-3-7-19(9-12)15-17-14(18-21-15)11-4-2-6-13(16)8-11/h2,4,6,8,10,12,20H,3,5,7,9H2,1H3. The molecule has 2 heterocycles. The number of benzene rings is 1. The van der Waals surface area contributed by atoms with Crippen LogP contribution < -0.4 is 4.90 Å². The number of aromatic nitrogens is 2. The minimum absolute atomic E-state index is 0.250. The van der Waals surface area contributed by atoms with Crippen molar-refractivity contribution in [2.75, 3.05) is 18.0 Å². The van der Waals surface area contributed by atoms with Crippen molar-refractivity contribution in [2.24, 2.45) is 5.92 Å². The molecular weight excluding hydrogens is 290 g/mol. The monoisotopic (exact) mass is 307 g/mol. The highest BCUT2D eigenvalue weighted by Crippen LogP contribution is 2.26. The van der Waals surface area contributed by atoms with Gasteiger partial charge in [-0.3, -0.25) is 0 Å². The maximum Gasteiger partial charge on any atom is 0.324 e. The third-order valence-corrected chi connectivity index (χ3v) is 4.14. The number of hydrogen-bond donors (Lipinski definition) is 1. The Balaban J connectivity index is 1.78. The maximum absolute atomic E-state index is 9.75. The Morgan fingerprint density at radius 1 is 1.48 bits per heavy atom. The average Bonchev–Trinajstić information content (AvgIpc) is 2.97. The Bertz CT molecular complexity index is 614. The summed E-state index contributed by atoms with van der Waals surface area (Å²) in [6.07, 6.45) is 1.73. The Hall–Kier alpha value is -1.59. The van der Waals surface area contributed by atoms with Gasteiger partial charge in [-0.25, -0.2) is 0 Å².